The number of anilines is 1. The molecule has 3 amide bonds. The number of hydrogen-bond acceptors (Lipinski definition) is 5. The third-order valence-electron chi connectivity index (χ3n) is 7.91. The maximum absolute atomic E-state index is 14.1. The number of amides is 3. The van der Waals surface area contributed by atoms with E-state index >= 15 is 0 Å². The van der Waals surface area contributed by atoms with Gasteiger partial charge in [0.25, 0.3) is 11.8 Å². The molecule has 9 nitrogen and oxygen atoms in total. The molecule has 10 heteroatoms. The molecule has 1 aliphatic carbocycles. The van der Waals surface area contributed by atoms with Gasteiger partial charge in [0.2, 0.25) is 5.91 Å². The van der Waals surface area contributed by atoms with Crippen molar-refractivity contribution < 1.29 is 18.8 Å². The lowest BCUT2D eigenvalue weighted by Gasteiger charge is -2.41. The summed E-state index contributed by atoms with van der Waals surface area (Å²) in [5, 5.41) is 7.58. The molecule has 2 fully saturated rings. The number of benzene rings is 1. The fourth-order valence-electron chi connectivity index (χ4n) is 5.44. The van der Waals surface area contributed by atoms with E-state index in [-0.39, 0.29) is 41.8 Å². The van der Waals surface area contributed by atoms with Gasteiger partial charge >= 0.3 is 0 Å². The van der Waals surface area contributed by atoms with E-state index < -0.39 is 5.54 Å². The second-order valence-electron chi connectivity index (χ2n) is 10.2. The van der Waals surface area contributed by atoms with Crippen LogP contribution in [0.2, 0.25) is 0 Å². The van der Waals surface area contributed by atoms with E-state index in [2.05, 4.69) is 10.4 Å². The minimum atomic E-state index is -1.10. The molecule has 3 aliphatic rings. The van der Waals surface area contributed by atoms with Gasteiger partial charge in [-0.1, -0.05) is 31.4 Å². The number of aromatic nitrogens is 2. The Morgan fingerprint density at radius 3 is 2.47 bits per heavy atom. The molecular formula is C26H33FN6O3. The maximum atomic E-state index is 14.1. The monoisotopic (exact) mass is 496 g/mol. The summed E-state index contributed by atoms with van der Waals surface area (Å²) in [4.78, 5) is 44.7. The fraction of sp³-hybridized carbons (Fsp3) is 0.538. The molecule has 0 spiro atoms. The van der Waals surface area contributed by atoms with Crippen molar-refractivity contribution in [3.05, 3.63) is 47.5 Å². The summed E-state index contributed by atoms with van der Waals surface area (Å²) in [7, 11) is 1.63. The quantitative estimate of drug-likeness (QED) is 0.702. The summed E-state index contributed by atoms with van der Waals surface area (Å²) < 4.78 is 15.6. The first-order valence-electron chi connectivity index (χ1n) is 12.7. The minimum Gasteiger partial charge on any atom is -0.366 e. The van der Waals surface area contributed by atoms with Crippen molar-refractivity contribution in [3.8, 4) is 0 Å². The van der Waals surface area contributed by atoms with Crippen molar-refractivity contribution in [2.24, 2.45) is 0 Å². The van der Waals surface area contributed by atoms with Crippen LogP contribution in [-0.4, -0.2) is 82.1 Å². The van der Waals surface area contributed by atoms with Gasteiger partial charge in [0.05, 0.1) is 12.2 Å². The molecule has 1 atom stereocenters. The smallest absolute Gasteiger partial charge is 0.274 e. The van der Waals surface area contributed by atoms with E-state index in [1.807, 2.05) is 4.90 Å². The van der Waals surface area contributed by atoms with Gasteiger partial charge in [-0.3, -0.25) is 19.1 Å². The highest BCUT2D eigenvalue weighted by Crippen LogP contribution is 2.28. The zero-order chi connectivity index (χ0) is 25.4. The topological polar surface area (TPSA) is 90.8 Å². The highest BCUT2D eigenvalue weighted by atomic mass is 19.1. The molecule has 0 unspecified atom stereocenters. The molecule has 1 saturated heterocycles. The molecule has 0 radical (unpaired) electrons. The summed E-state index contributed by atoms with van der Waals surface area (Å²) in [6.45, 7) is 3.77. The molecule has 3 heterocycles. The van der Waals surface area contributed by atoms with Gasteiger partial charge in [0, 0.05) is 45.3 Å². The van der Waals surface area contributed by atoms with Crippen LogP contribution in [0.4, 0.5) is 10.1 Å². The van der Waals surface area contributed by atoms with Crippen LogP contribution < -0.4 is 10.2 Å². The number of halogens is 1. The average Bonchev–Trinajstić information content (AvgIpc) is 3.32. The van der Waals surface area contributed by atoms with E-state index in [0.717, 1.165) is 25.7 Å². The first kappa shape index (κ1) is 24.3. The molecule has 1 aromatic carbocycles. The molecule has 1 aromatic heterocycles. The fourth-order valence-corrected chi connectivity index (χ4v) is 5.44. The Bertz CT molecular complexity index is 1170. The molecular weight excluding hydrogens is 463 g/mol. The molecule has 1 saturated carbocycles. The summed E-state index contributed by atoms with van der Waals surface area (Å²) in [5.41, 5.74) is -0.0857. The van der Waals surface area contributed by atoms with Crippen molar-refractivity contribution in [3.63, 3.8) is 0 Å². The van der Waals surface area contributed by atoms with Crippen LogP contribution in [0.25, 0.3) is 0 Å². The predicted octanol–water partition coefficient (Wildman–Crippen LogP) is 2.28. The van der Waals surface area contributed by atoms with Crippen LogP contribution >= 0.6 is 0 Å². The number of nitrogens with zero attached hydrogens (tertiary/aromatic N) is 5. The average molecular weight is 497 g/mol. The number of hydrogen-bond donors (Lipinski definition) is 1. The minimum absolute atomic E-state index is 0.130. The van der Waals surface area contributed by atoms with Gasteiger partial charge < -0.3 is 20.0 Å². The van der Waals surface area contributed by atoms with Gasteiger partial charge in [0.1, 0.15) is 17.1 Å². The van der Waals surface area contributed by atoms with Crippen LogP contribution in [0.1, 0.15) is 60.0 Å². The number of carbonyl (C=O) groups is 3. The lowest BCUT2D eigenvalue weighted by atomic mass is 9.92. The number of carbonyl (C=O) groups excluding carboxylic acids is 3. The number of fused-ring (bicyclic) bond motifs is 1. The largest absolute Gasteiger partial charge is 0.366 e. The number of para-hydroxylation sites is 1. The molecule has 192 valence electrons. The third-order valence-corrected chi connectivity index (χ3v) is 7.91. The normalized spacial score (nSPS) is 23.0. The number of rotatable bonds is 4. The molecule has 2 aromatic rings. The predicted molar refractivity (Wildman–Crippen MR) is 132 cm³/mol. The summed E-state index contributed by atoms with van der Waals surface area (Å²) in [5.74, 6) is -1.08. The maximum Gasteiger partial charge on any atom is 0.274 e. The van der Waals surface area contributed by atoms with Crippen LogP contribution in [0.15, 0.2) is 30.3 Å². The van der Waals surface area contributed by atoms with Gasteiger partial charge in [-0.2, -0.15) is 5.10 Å². The Kier molecular flexibility index (Phi) is 6.44. The Labute approximate surface area is 210 Å². The third kappa shape index (κ3) is 4.33. The first-order valence-corrected chi connectivity index (χ1v) is 12.7. The van der Waals surface area contributed by atoms with E-state index in [4.69, 9.17) is 0 Å². The van der Waals surface area contributed by atoms with Gasteiger partial charge in [-0.15, -0.1) is 0 Å². The van der Waals surface area contributed by atoms with Gasteiger partial charge in [-0.25, -0.2) is 4.39 Å². The second kappa shape index (κ2) is 9.55. The second-order valence-corrected chi connectivity index (χ2v) is 10.2. The van der Waals surface area contributed by atoms with Gasteiger partial charge in [-0.05, 0) is 31.9 Å². The Hall–Kier alpha value is -3.43. The van der Waals surface area contributed by atoms with E-state index in [1.54, 1.807) is 37.1 Å². The van der Waals surface area contributed by atoms with Gasteiger partial charge in [0.15, 0.2) is 5.69 Å². The molecule has 36 heavy (non-hydrogen) atoms. The Balaban J connectivity index is 1.28. The van der Waals surface area contributed by atoms with E-state index in [1.165, 1.54) is 28.1 Å². The van der Waals surface area contributed by atoms with Crippen molar-refractivity contribution in [1.82, 2.24) is 24.9 Å². The molecule has 5 rings (SSSR count). The van der Waals surface area contributed by atoms with Crippen molar-refractivity contribution in [2.75, 3.05) is 38.1 Å². The zero-order valence-electron chi connectivity index (χ0n) is 20.9. The highest BCUT2D eigenvalue weighted by molar-refractivity contribution is 6.01. The van der Waals surface area contributed by atoms with Crippen LogP contribution in [0.3, 0.4) is 0 Å². The highest BCUT2D eigenvalue weighted by Gasteiger charge is 2.47. The summed E-state index contributed by atoms with van der Waals surface area (Å²) in [6, 6.07) is 8.26. The Morgan fingerprint density at radius 1 is 1.08 bits per heavy atom. The van der Waals surface area contributed by atoms with Crippen LogP contribution in [0, 0.1) is 5.82 Å². The SMILES string of the molecule is CN1C(=O)c2cc(C(=O)N3CCN(c4ccccc4F)CC3)nn2C[C@@]1(C)C(=O)NC1CCCCC1. The van der Waals surface area contributed by atoms with E-state index in [0.29, 0.717) is 37.6 Å². The summed E-state index contributed by atoms with van der Waals surface area (Å²) in [6.07, 6.45) is 5.29. The molecule has 2 aliphatic heterocycles. The summed E-state index contributed by atoms with van der Waals surface area (Å²) >= 11 is 0. The van der Waals surface area contributed by atoms with Crippen molar-refractivity contribution >= 4 is 23.4 Å². The van der Waals surface area contributed by atoms with Crippen LogP contribution in [-0.2, 0) is 11.3 Å². The standard InChI is InChI=1S/C26H33FN6O3/c1-26(25(36)28-18-8-4-3-5-9-18)17-33-22(24(35)30(26)2)16-20(29-33)23(34)32-14-12-31(13-15-32)21-11-7-6-10-19(21)27/h6-7,10-11,16,18H,3-5,8-9,12-15,17H2,1-2H3,(H,28,36)/t26-/m0/s1. The molecule has 1 N–H and O–H groups in total. The Morgan fingerprint density at radius 2 is 1.78 bits per heavy atom. The first-order chi connectivity index (χ1) is 17.3. The van der Waals surface area contributed by atoms with Crippen molar-refractivity contribution in [1.29, 1.82) is 0 Å². The van der Waals surface area contributed by atoms with Crippen LogP contribution in [0.5, 0.6) is 0 Å². The lowest BCUT2D eigenvalue weighted by Crippen LogP contribution is -2.63. The molecule has 0 bridgehead atoms. The zero-order valence-corrected chi connectivity index (χ0v) is 20.9. The number of piperazine rings is 1. The van der Waals surface area contributed by atoms with E-state index in [9.17, 15) is 18.8 Å². The number of nitrogens with one attached hydrogen (secondary N) is 1. The lowest BCUT2D eigenvalue weighted by molar-refractivity contribution is -0.133. The van der Waals surface area contributed by atoms with Crippen molar-refractivity contribution in [2.45, 2.75) is 57.2 Å². The number of likely N-dealkylation sites (N-methyl/N-ethyl adjacent to an activating group) is 1.